The molecule has 122 valence electrons. The number of sulfonamides is 1. The number of rotatable bonds is 5. The van der Waals surface area contributed by atoms with Crippen LogP contribution in [0.3, 0.4) is 0 Å². The molecule has 0 aromatic heterocycles. The van der Waals surface area contributed by atoms with Crippen molar-refractivity contribution in [1.29, 1.82) is 0 Å². The first-order valence-electron chi connectivity index (χ1n) is 6.54. The minimum Gasteiger partial charge on any atom is -0.322 e. The van der Waals surface area contributed by atoms with Gasteiger partial charge in [0.05, 0.1) is 6.26 Å². The van der Waals surface area contributed by atoms with Crippen molar-refractivity contribution in [2.45, 2.75) is 6.54 Å². The van der Waals surface area contributed by atoms with E-state index in [1.165, 1.54) is 6.07 Å². The average molecular weight is 340 g/mol. The molecule has 2 aromatic rings. The maximum atomic E-state index is 13.1. The van der Waals surface area contributed by atoms with Gasteiger partial charge in [-0.15, -0.1) is 0 Å². The van der Waals surface area contributed by atoms with Crippen LogP contribution in [0, 0.1) is 11.6 Å². The quantitative estimate of drug-likeness (QED) is 0.877. The number of hydrogen-bond donors (Lipinski definition) is 2. The molecule has 0 aliphatic heterocycles. The smallest absolute Gasteiger partial charge is 0.255 e. The van der Waals surface area contributed by atoms with E-state index in [-0.39, 0.29) is 12.1 Å². The van der Waals surface area contributed by atoms with Crippen LogP contribution in [0.5, 0.6) is 0 Å². The predicted molar refractivity (Wildman–Crippen MR) is 82.4 cm³/mol. The van der Waals surface area contributed by atoms with E-state index in [1.807, 2.05) is 0 Å². The van der Waals surface area contributed by atoms with Crippen molar-refractivity contribution in [3.05, 3.63) is 65.2 Å². The van der Waals surface area contributed by atoms with Crippen molar-refractivity contribution in [3.8, 4) is 0 Å². The van der Waals surface area contributed by atoms with Crippen LogP contribution >= 0.6 is 0 Å². The average Bonchev–Trinajstić information content (AvgIpc) is 2.48. The zero-order valence-electron chi connectivity index (χ0n) is 12.1. The summed E-state index contributed by atoms with van der Waals surface area (Å²) in [7, 11) is -3.28. The van der Waals surface area contributed by atoms with Gasteiger partial charge in [0, 0.05) is 17.8 Å². The third-order valence-electron chi connectivity index (χ3n) is 2.93. The summed E-state index contributed by atoms with van der Waals surface area (Å²) in [5.74, 6) is -2.70. The Morgan fingerprint density at radius 3 is 2.26 bits per heavy atom. The zero-order valence-corrected chi connectivity index (χ0v) is 13.0. The summed E-state index contributed by atoms with van der Waals surface area (Å²) < 4.78 is 50.3. The molecule has 0 unspecified atom stereocenters. The van der Waals surface area contributed by atoms with Gasteiger partial charge in [0.15, 0.2) is 11.6 Å². The summed E-state index contributed by atoms with van der Waals surface area (Å²) in [4.78, 5) is 11.9. The molecule has 0 saturated heterocycles. The second-order valence-corrected chi connectivity index (χ2v) is 6.71. The Balaban J connectivity index is 2.02. The van der Waals surface area contributed by atoms with Gasteiger partial charge in [0.1, 0.15) is 0 Å². The molecule has 2 N–H and O–H groups in total. The van der Waals surface area contributed by atoms with Crippen LogP contribution in [0.2, 0.25) is 0 Å². The number of carbonyl (C=O) groups excluding carboxylic acids is 1. The van der Waals surface area contributed by atoms with Gasteiger partial charge >= 0.3 is 0 Å². The molecule has 0 radical (unpaired) electrons. The van der Waals surface area contributed by atoms with Gasteiger partial charge in [-0.05, 0) is 35.9 Å². The molecule has 0 heterocycles. The summed E-state index contributed by atoms with van der Waals surface area (Å²) in [6.07, 6.45) is 1.06. The van der Waals surface area contributed by atoms with Crippen LogP contribution < -0.4 is 10.0 Å². The summed E-state index contributed by atoms with van der Waals surface area (Å²) >= 11 is 0. The van der Waals surface area contributed by atoms with Crippen molar-refractivity contribution in [2.24, 2.45) is 0 Å². The molecule has 23 heavy (non-hydrogen) atoms. The van der Waals surface area contributed by atoms with E-state index in [0.29, 0.717) is 11.3 Å². The monoisotopic (exact) mass is 340 g/mol. The summed E-state index contributed by atoms with van der Waals surface area (Å²) in [5.41, 5.74) is 1.15. The lowest BCUT2D eigenvalue weighted by molar-refractivity contribution is 0.102. The molecular formula is C15H14F2N2O3S. The lowest BCUT2D eigenvalue weighted by atomic mass is 10.1. The second-order valence-electron chi connectivity index (χ2n) is 4.87. The van der Waals surface area contributed by atoms with Gasteiger partial charge in [-0.2, -0.15) is 0 Å². The molecule has 2 aromatic carbocycles. The molecule has 0 fully saturated rings. The topological polar surface area (TPSA) is 75.3 Å². The summed E-state index contributed by atoms with van der Waals surface area (Å²) in [6, 6.07) is 9.31. The Morgan fingerprint density at radius 1 is 1.04 bits per heavy atom. The van der Waals surface area contributed by atoms with E-state index >= 15 is 0 Å². The fourth-order valence-corrected chi connectivity index (χ4v) is 2.19. The fraction of sp³-hybridized carbons (Fsp3) is 0.133. The van der Waals surface area contributed by atoms with Gasteiger partial charge in [-0.1, -0.05) is 12.1 Å². The van der Waals surface area contributed by atoms with Gasteiger partial charge < -0.3 is 5.32 Å². The van der Waals surface area contributed by atoms with Crippen LogP contribution in [0.25, 0.3) is 0 Å². The van der Waals surface area contributed by atoms with E-state index < -0.39 is 27.6 Å². The van der Waals surface area contributed by atoms with Gasteiger partial charge in [0.25, 0.3) is 5.91 Å². The Kier molecular flexibility index (Phi) is 5.07. The van der Waals surface area contributed by atoms with Crippen molar-refractivity contribution in [1.82, 2.24) is 4.72 Å². The summed E-state index contributed by atoms with van der Waals surface area (Å²) in [6.45, 7) is 0.135. The molecule has 5 nitrogen and oxygen atoms in total. The Morgan fingerprint density at radius 2 is 1.70 bits per heavy atom. The molecule has 2 rings (SSSR count). The molecule has 0 aliphatic carbocycles. The van der Waals surface area contributed by atoms with Crippen LogP contribution in [0.15, 0.2) is 42.5 Å². The van der Waals surface area contributed by atoms with E-state index in [0.717, 1.165) is 18.4 Å². The minimum atomic E-state index is -3.28. The van der Waals surface area contributed by atoms with Crippen molar-refractivity contribution in [2.75, 3.05) is 11.6 Å². The Hall–Kier alpha value is -2.32. The highest BCUT2D eigenvalue weighted by Gasteiger charge is 2.10. The SMILES string of the molecule is CS(=O)(=O)NCc1ccc(NC(=O)c2ccc(F)c(F)c2)cc1. The molecule has 0 aliphatic rings. The lowest BCUT2D eigenvalue weighted by Gasteiger charge is -2.07. The first-order valence-corrected chi connectivity index (χ1v) is 8.44. The van der Waals surface area contributed by atoms with Crippen molar-refractivity contribution in [3.63, 3.8) is 0 Å². The minimum absolute atomic E-state index is 0.00767. The number of anilines is 1. The van der Waals surface area contributed by atoms with Crippen LogP contribution in [-0.2, 0) is 16.6 Å². The number of hydrogen-bond acceptors (Lipinski definition) is 3. The first kappa shape index (κ1) is 17.0. The van der Waals surface area contributed by atoms with Gasteiger partial charge in [0.2, 0.25) is 10.0 Å². The van der Waals surface area contributed by atoms with Gasteiger partial charge in [-0.3, -0.25) is 4.79 Å². The number of halogens is 2. The molecule has 0 atom stereocenters. The second kappa shape index (κ2) is 6.84. The number of benzene rings is 2. The zero-order chi connectivity index (χ0) is 17.0. The van der Waals surface area contributed by atoms with E-state index in [2.05, 4.69) is 10.0 Å². The molecule has 1 amide bonds. The molecule has 0 bridgehead atoms. The third-order valence-corrected chi connectivity index (χ3v) is 3.60. The molecule has 0 saturated carbocycles. The predicted octanol–water partition coefficient (Wildman–Crippen LogP) is 2.27. The van der Waals surface area contributed by atoms with Crippen LogP contribution in [0.1, 0.15) is 15.9 Å². The largest absolute Gasteiger partial charge is 0.322 e. The normalized spacial score (nSPS) is 11.3. The summed E-state index contributed by atoms with van der Waals surface area (Å²) in [5, 5.41) is 2.54. The Labute approximate surface area is 132 Å². The van der Waals surface area contributed by atoms with E-state index in [1.54, 1.807) is 24.3 Å². The Bertz CT molecular complexity index is 821. The van der Waals surface area contributed by atoms with Crippen molar-refractivity contribution >= 4 is 21.6 Å². The highest BCUT2D eigenvalue weighted by molar-refractivity contribution is 7.88. The highest BCUT2D eigenvalue weighted by atomic mass is 32.2. The standard InChI is InChI=1S/C15H14F2N2O3S/c1-23(21,22)18-9-10-2-5-12(6-3-10)19-15(20)11-4-7-13(16)14(17)8-11/h2-8,18H,9H2,1H3,(H,19,20). The number of carbonyl (C=O) groups is 1. The fourth-order valence-electron chi connectivity index (χ4n) is 1.76. The van der Waals surface area contributed by atoms with Gasteiger partial charge in [-0.25, -0.2) is 21.9 Å². The maximum Gasteiger partial charge on any atom is 0.255 e. The van der Waals surface area contributed by atoms with E-state index in [4.69, 9.17) is 0 Å². The first-order chi connectivity index (χ1) is 10.7. The highest BCUT2D eigenvalue weighted by Crippen LogP contribution is 2.13. The maximum absolute atomic E-state index is 13.1. The third kappa shape index (κ3) is 5.11. The van der Waals surface area contributed by atoms with Crippen LogP contribution in [-0.4, -0.2) is 20.6 Å². The number of amides is 1. The molecule has 0 spiro atoms. The number of nitrogens with one attached hydrogen (secondary N) is 2. The van der Waals surface area contributed by atoms with E-state index in [9.17, 15) is 22.0 Å². The lowest BCUT2D eigenvalue weighted by Crippen LogP contribution is -2.21. The molecular weight excluding hydrogens is 326 g/mol. The van der Waals surface area contributed by atoms with Crippen LogP contribution in [0.4, 0.5) is 14.5 Å². The molecule has 8 heteroatoms. The van der Waals surface area contributed by atoms with Crippen molar-refractivity contribution < 1.29 is 22.0 Å².